The van der Waals surface area contributed by atoms with Crippen LogP contribution in [0, 0.1) is 0 Å². The van der Waals surface area contributed by atoms with Gasteiger partial charge in [0.15, 0.2) is 0 Å². The number of aliphatic hydroxyl groups excluding tert-OH is 2. The SMILES string of the molecule is OCCCCN1c2ccccc2C2Cc3cccc(CCO)c3C1C2. The van der Waals surface area contributed by atoms with Crippen molar-refractivity contribution in [3.8, 4) is 0 Å². The minimum atomic E-state index is 0.202. The van der Waals surface area contributed by atoms with Gasteiger partial charge in [-0.15, -0.1) is 0 Å². The van der Waals surface area contributed by atoms with Gasteiger partial charge in [-0.05, 0) is 66.3 Å². The molecule has 3 heteroatoms. The van der Waals surface area contributed by atoms with Crippen LogP contribution >= 0.6 is 0 Å². The quantitative estimate of drug-likeness (QED) is 0.792. The number of benzene rings is 2. The molecule has 2 bridgehead atoms. The summed E-state index contributed by atoms with van der Waals surface area (Å²) >= 11 is 0. The number of fused-ring (bicyclic) bond motifs is 6. The summed E-state index contributed by atoms with van der Waals surface area (Å²) in [6.45, 7) is 1.44. The van der Waals surface area contributed by atoms with E-state index in [1.54, 1.807) is 0 Å². The molecule has 1 aliphatic heterocycles. The van der Waals surface area contributed by atoms with Gasteiger partial charge in [0.2, 0.25) is 0 Å². The van der Waals surface area contributed by atoms with E-state index in [0.717, 1.165) is 38.6 Å². The highest BCUT2D eigenvalue weighted by Crippen LogP contribution is 2.51. The fraction of sp³-hybridized carbons (Fsp3) is 0.455. The Morgan fingerprint density at radius 3 is 2.68 bits per heavy atom. The smallest absolute Gasteiger partial charge is 0.0553 e. The molecule has 0 amide bonds. The Bertz CT molecular complexity index is 743. The van der Waals surface area contributed by atoms with Crippen molar-refractivity contribution in [3.63, 3.8) is 0 Å². The normalized spacial score (nSPS) is 21.0. The molecule has 1 aliphatic carbocycles. The van der Waals surface area contributed by atoms with Gasteiger partial charge in [0.1, 0.15) is 0 Å². The van der Waals surface area contributed by atoms with Crippen LogP contribution in [0.3, 0.4) is 0 Å². The van der Waals surface area contributed by atoms with Crippen LogP contribution < -0.4 is 4.90 Å². The molecule has 0 spiro atoms. The van der Waals surface area contributed by atoms with Crippen molar-refractivity contribution in [2.75, 3.05) is 24.7 Å². The second-order valence-corrected chi connectivity index (χ2v) is 7.30. The fourth-order valence-corrected chi connectivity index (χ4v) is 4.80. The van der Waals surface area contributed by atoms with Gasteiger partial charge < -0.3 is 15.1 Å². The van der Waals surface area contributed by atoms with Crippen molar-refractivity contribution in [2.45, 2.75) is 44.1 Å². The predicted octanol–water partition coefficient (Wildman–Crippen LogP) is 3.59. The third kappa shape index (κ3) is 2.96. The van der Waals surface area contributed by atoms with Gasteiger partial charge in [-0.3, -0.25) is 0 Å². The summed E-state index contributed by atoms with van der Waals surface area (Å²) < 4.78 is 0. The molecule has 0 radical (unpaired) electrons. The third-order valence-corrected chi connectivity index (χ3v) is 5.84. The average molecular weight is 337 g/mol. The number of rotatable bonds is 6. The molecule has 3 nitrogen and oxygen atoms in total. The van der Waals surface area contributed by atoms with Gasteiger partial charge in [0.25, 0.3) is 0 Å². The summed E-state index contributed by atoms with van der Waals surface area (Å²) in [5.74, 6) is 0.590. The van der Waals surface area contributed by atoms with E-state index < -0.39 is 0 Å². The maximum absolute atomic E-state index is 9.50. The van der Waals surface area contributed by atoms with E-state index in [2.05, 4.69) is 47.4 Å². The maximum Gasteiger partial charge on any atom is 0.0553 e. The molecule has 0 saturated heterocycles. The van der Waals surface area contributed by atoms with E-state index >= 15 is 0 Å². The zero-order valence-corrected chi connectivity index (χ0v) is 14.7. The topological polar surface area (TPSA) is 43.7 Å². The number of nitrogens with zero attached hydrogens (tertiary/aromatic N) is 1. The summed E-state index contributed by atoms with van der Waals surface area (Å²) in [7, 11) is 0. The van der Waals surface area contributed by atoms with Crippen molar-refractivity contribution in [2.24, 2.45) is 0 Å². The molecule has 1 heterocycles. The Kier molecular flexibility index (Phi) is 4.78. The van der Waals surface area contributed by atoms with E-state index in [-0.39, 0.29) is 13.2 Å². The lowest BCUT2D eigenvalue weighted by Crippen LogP contribution is -2.39. The largest absolute Gasteiger partial charge is 0.396 e. The van der Waals surface area contributed by atoms with Gasteiger partial charge in [-0.1, -0.05) is 36.4 Å². The Morgan fingerprint density at radius 2 is 1.84 bits per heavy atom. The third-order valence-electron chi connectivity index (χ3n) is 5.84. The first-order chi connectivity index (χ1) is 12.3. The van der Waals surface area contributed by atoms with Gasteiger partial charge in [0, 0.05) is 25.4 Å². The molecular weight excluding hydrogens is 310 g/mol. The molecule has 0 aromatic heterocycles. The second kappa shape index (κ2) is 7.19. The van der Waals surface area contributed by atoms with Crippen LogP contribution in [0.1, 0.15) is 53.5 Å². The Balaban J connectivity index is 1.78. The number of anilines is 1. The number of para-hydroxylation sites is 1. The van der Waals surface area contributed by atoms with E-state index in [9.17, 15) is 10.2 Å². The maximum atomic E-state index is 9.50. The average Bonchev–Trinajstić information content (AvgIpc) is 2.65. The van der Waals surface area contributed by atoms with Crippen LogP contribution in [0.25, 0.3) is 0 Å². The molecular formula is C22H27NO2. The van der Waals surface area contributed by atoms with Crippen molar-refractivity contribution < 1.29 is 10.2 Å². The van der Waals surface area contributed by atoms with Crippen molar-refractivity contribution in [3.05, 3.63) is 64.7 Å². The van der Waals surface area contributed by atoms with Crippen LogP contribution in [-0.4, -0.2) is 30.0 Å². The number of hydrogen-bond acceptors (Lipinski definition) is 3. The van der Waals surface area contributed by atoms with Gasteiger partial charge in [-0.25, -0.2) is 0 Å². The molecule has 2 unspecified atom stereocenters. The molecule has 0 fully saturated rings. The fourth-order valence-electron chi connectivity index (χ4n) is 4.80. The molecule has 132 valence electrons. The highest BCUT2D eigenvalue weighted by Gasteiger charge is 2.38. The van der Waals surface area contributed by atoms with Crippen molar-refractivity contribution >= 4 is 5.69 Å². The summed E-state index contributed by atoms with van der Waals surface area (Å²) in [6.07, 6.45) is 4.85. The van der Waals surface area contributed by atoms with E-state index in [1.807, 2.05) is 0 Å². The number of hydrogen-bond donors (Lipinski definition) is 2. The van der Waals surface area contributed by atoms with Gasteiger partial charge in [-0.2, -0.15) is 0 Å². The van der Waals surface area contributed by atoms with Crippen LogP contribution in [0.4, 0.5) is 5.69 Å². The first-order valence-electron chi connectivity index (χ1n) is 9.51. The lowest BCUT2D eigenvalue weighted by molar-refractivity contribution is 0.283. The lowest BCUT2D eigenvalue weighted by atomic mass is 9.71. The van der Waals surface area contributed by atoms with Gasteiger partial charge in [0.05, 0.1) is 6.04 Å². The molecule has 2 aromatic carbocycles. The Morgan fingerprint density at radius 1 is 0.960 bits per heavy atom. The summed E-state index contributed by atoms with van der Waals surface area (Å²) in [6, 6.07) is 15.8. The lowest BCUT2D eigenvalue weighted by Gasteiger charge is -2.47. The summed E-state index contributed by atoms with van der Waals surface area (Å²) in [5.41, 5.74) is 7.04. The van der Waals surface area contributed by atoms with Crippen LogP contribution in [0.15, 0.2) is 42.5 Å². The number of aliphatic hydroxyl groups is 2. The minimum absolute atomic E-state index is 0.202. The first-order valence-corrected chi connectivity index (χ1v) is 9.51. The van der Waals surface area contributed by atoms with Crippen molar-refractivity contribution in [1.82, 2.24) is 0 Å². The van der Waals surface area contributed by atoms with Gasteiger partial charge >= 0.3 is 0 Å². The zero-order valence-electron chi connectivity index (χ0n) is 14.7. The first kappa shape index (κ1) is 16.6. The molecule has 4 rings (SSSR count). The molecule has 25 heavy (non-hydrogen) atoms. The standard InChI is InChI=1S/C22H27NO2/c24-12-4-3-11-23-20-9-2-1-8-19(20)18-14-17-7-5-6-16(10-13-25)22(17)21(23)15-18/h1-2,5-9,18,21,24-25H,3-4,10-15H2. The molecule has 2 N–H and O–H groups in total. The van der Waals surface area contributed by atoms with Crippen LogP contribution in [-0.2, 0) is 12.8 Å². The summed E-state index contributed by atoms with van der Waals surface area (Å²) in [5, 5.41) is 18.7. The second-order valence-electron chi connectivity index (χ2n) is 7.30. The molecule has 2 aliphatic rings. The Labute approximate surface area is 149 Å². The molecule has 0 saturated carbocycles. The predicted molar refractivity (Wildman–Crippen MR) is 101 cm³/mol. The molecule has 2 atom stereocenters. The Hall–Kier alpha value is -1.84. The van der Waals surface area contributed by atoms with E-state index in [4.69, 9.17) is 0 Å². The zero-order chi connectivity index (χ0) is 17.2. The van der Waals surface area contributed by atoms with Crippen LogP contribution in [0.5, 0.6) is 0 Å². The van der Waals surface area contributed by atoms with Crippen LogP contribution in [0.2, 0.25) is 0 Å². The number of unbranched alkanes of at least 4 members (excludes halogenated alkanes) is 1. The monoisotopic (exact) mass is 337 g/mol. The highest BCUT2D eigenvalue weighted by molar-refractivity contribution is 5.62. The minimum Gasteiger partial charge on any atom is -0.396 e. The van der Waals surface area contributed by atoms with Crippen molar-refractivity contribution in [1.29, 1.82) is 0 Å². The van der Waals surface area contributed by atoms with E-state index in [0.29, 0.717) is 12.0 Å². The summed E-state index contributed by atoms with van der Waals surface area (Å²) in [4.78, 5) is 2.56. The van der Waals surface area contributed by atoms with E-state index in [1.165, 1.54) is 27.9 Å². The molecule has 2 aromatic rings. The highest BCUT2D eigenvalue weighted by atomic mass is 16.3.